The van der Waals surface area contributed by atoms with Crippen LogP contribution in [0.1, 0.15) is 28.8 Å². The van der Waals surface area contributed by atoms with Gasteiger partial charge in [-0.2, -0.15) is 0 Å². The number of hydrogen-bond acceptors (Lipinski definition) is 5. The number of halogens is 1. The topological polar surface area (TPSA) is 95.7 Å². The van der Waals surface area contributed by atoms with Crippen molar-refractivity contribution in [3.05, 3.63) is 69.5 Å². The zero-order chi connectivity index (χ0) is 19.4. The Morgan fingerprint density at radius 2 is 1.89 bits per heavy atom. The van der Waals surface area contributed by atoms with Gasteiger partial charge in [-0.3, -0.25) is 14.9 Å². The lowest BCUT2D eigenvalue weighted by Crippen LogP contribution is -2.36. The summed E-state index contributed by atoms with van der Waals surface area (Å²) in [4.78, 5) is 24.1. The molecule has 142 valence electrons. The minimum Gasteiger partial charge on any atom is -0.393 e. The summed E-state index contributed by atoms with van der Waals surface area (Å²) in [6, 6.07) is 10.1. The highest BCUT2D eigenvalue weighted by molar-refractivity contribution is 5.94. The van der Waals surface area contributed by atoms with Crippen LogP contribution in [0, 0.1) is 15.9 Å². The zero-order valence-electron chi connectivity index (χ0n) is 14.6. The number of aliphatic hydroxyl groups is 1. The number of piperidine rings is 1. The molecule has 0 atom stereocenters. The molecule has 1 aliphatic heterocycles. The molecule has 1 saturated heterocycles. The Bertz CT molecular complexity index is 833. The van der Waals surface area contributed by atoms with E-state index in [1.807, 2.05) is 4.90 Å². The summed E-state index contributed by atoms with van der Waals surface area (Å²) in [6.45, 7) is 1.36. The van der Waals surface area contributed by atoms with E-state index in [1.54, 1.807) is 12.1 Å². The Kier molecular flexibility index (Phi) is 5.66. The Balaban J connectivity index is 1.60. The van der Waals surface area contributed by atoms with Crippen LogP contribution in [0.3, 0.4) is 0 Å². The molecule has 2 aromatic rings. The number of nitrogens with zero attached hydrogens (tertiary/aromatic N) is 2. The molecule has 1 fully saturated rings. The first kappa shape index (κ1) is 18.8. The average Bonchev–Trinajstić information content (AvgIpc) is 2.67. The van der Waals surface area contributed by atoms with Crippen LogP contribution in [0.15, 0.2) is 42.5 Å². The van der Waals surface area contributed by atoms with Crippen LogP contribution in [-0.4, -0.2) is 35.1 Å². The average molecular weight is 373 g/mol. The minimum atomic E-state index is -0.533. The van der Waals surface area contributed by atoms with E-state index in [0.717, 1.165) is 0 Å². The molecule has 0 saturated carbocycles. The monoisotopic (exact) mass is 373 g/mol. The number of nitro groups is 1. The number of carbonyl (C=O) groups excluding carboxylic acids is 1. The molecule has 0 bridgehead atoms. The lowest BCUT2D eigenvalue weighted by Gasteiger charge is -2.31. The Morgan fingerprint density at radius 3 is 2.48 bits per heavy atom. The molecule has 1 heterocycles. The van der Waals surface area contributed by atoms with Gasteiger partial charge in [-0.25, -0.2) is 4.39 Å². The fraction of sp³-hybridized carbons (Fsp3) is 0.316. The van der Waals surface area contributed by atoms with Crippen LogP contribution < -0.4 is 10.2 Å². The number of anilines is 1. The van der Waals surface area contributed by atoms with Gasteiger partial charge in [0.2, 0.25) is 0 Å². The van der Waals surface area contributed by atoms with E-state index in [2.05, 4.69) is 5.32 Å². The second-order valence-corrected chi connectivity index (χ2v) is 6.49. The quantitative estimate of drug-likeness (QED) is 0.620. The summed E-state index contributed by atoms with van der Waals surface area (Å²) in [5.74, 6) is -0.757. The van der Waals surface area contributed by atoms with Gasteiger partial charge < -0.3 is 15.3 Å². The molecule has 3 rings (SSSR count). The second-order valence-electron chi connectivity index (χ2n) is 6.49. The van der Waals surface area contributed by atoms with Crippen molar-refractivity contribution in [2.45, 2.75) is 25.5 Å². The number of hydrogen-bond donors (Lipinski definition) is 2. The van der Waals surface area contributed by atoms with Crippen LogP contribution in [0.4, 0.5) is 15.8 Å². The molecule has 2 N–H and O–H groups in total. The van der Waals surface area contributed by atoms with Crippen LogP contribution in [0.25, 0.3) is 0 Å². The predicted molar refractivity (Wildman–Crippen MR) is 98.1 cm³/mol. The van der Waals surface area contributed by atoms with Crippen LogP contribution in [0.5, 0.6) is 0 Å². The number of benzene rings is 2. The minimum absolute atomic E-state index is 0.0885. The van der Waals surface area contributed by atoms with E-state index in [9.17, 15) is 24.4 Å². The first-order valence-electron chi connectivity index (χ1n) is 8.68. The van der Waals surface area contributed by atoms with Gasteiger partial charge in [0.05, 0.1) is 16.7 Å². The van der Waals surface area contributed by atoms with E-state index in [0.29, 0.717) is 42.7 Å². The maximum absolute atomic E-state index is 14.4. The molecule has 0 unspecified atom stereocenters. The molecular formula is C19H20FN3O4. The maximum Gasteiger partial charge on any atom is 0.269 e. The number of nitrogens with one attached hydrogen (secondary N) is 1. The predicted octanol–water partition coefficient (Wildman–Crippen LogP) is 2.63. The molecule has 1 amide bonds. The SMILES string of the molecule is O=C(NCc1ccc(N2CCC(O)CC2)c(F)c1)c1ccc([N+](=O)[O-])cc1. The number of amides is 1. The van der Waals surface area contributed by atoms with Gasteiger partial charge in [-0.05, 0) is 42.7 Å². The summed E-state index contributed by atoms with van der Waals surface area (Å²) < 4.78 is 14.4. The van der Waals surface area contributed by atoms with Crippen LogP contribution in [0.2, 0.25) is 0 Å². The second kappa shape index (κ2) is 8.13. The third kappa shape index (κ3) is 4.59. The lowest BCUT2D eigenvalue weighted by molar-refractivity contribution is -0.384. The lowest BCUT2D eigenvalue weighted by atomic mass is 10.1. The summed E-state index contributed by atoms with van der Waals surface area (Å²) in [5, 5.41) is 22.9. The molecule has 2 aromatic carbocycles. The third-order valence-corrected chi connectivity index (χ3v) is 4.61. The summed E-state index contributed by atoms with van der Waals surface area (Å²) in [5.41, 5.74) is 1.31. The van der Waals surface area contributed by atoms with Gasteiger partial charge in [-0.15, -0.1) is 0 Å². The van der Waals surface area contributed by atoms with Crippen molar-refractivity contribution in [3.8, 4) is 0 Å². The molecule has 0 spiro atoms. The van der Waals surface area contributed by atoms with E-state index in [1.165, 1.54) is 30.3 Å². The van der Waals surface area contributed by atoms with Gasteiger partial charge in [0.1, 0.15) is 5.82 Å². The molecule has 0 aromatic heterocycles. The number of nitro benzene ring substituents is 1. The Labute approximate surface area is 155 Å². The maximum atomic E-state index is 14.4. The molecule has 27 heavy (non-hydrogen) atoms. The fourth-order valence-corrected chi connectivity index (χ4v) is 3.04. The first-order chi connectivity index (χ1) is 12.9. The van der Waals surface area contributed by atoms with Crippen molar-refractivity contribution >= 4 is 17.3 Å². The summed E-state index contributed by atoms with van der Waals surface area (Å²) in [7, 11) is 0. The van der Waals surface area contributed by atoms with Crippen molar-refractivity contribution in [1.29, 1.82) is 0 Å². The number of carbonyl (C=O) groups is 1. The summed E-state index contributed by atoms with van der Waals surface area (Å²) >= 11 is 0. The molecule has 8 heteroatoms. The Morgan fingerprint density at radius 1 is 1.22 bits per heavy atom. The smallest absolute Gasteiger partial charge is 0.269 e. The molecule has 7 nitrogen and oxygen atoms in total. The zero-order valence-corrected chi connectivity index (χ0v) is 14.6. The highest BCUT2D eigenvalue weighted by atomic mass is 19.1. The van der Waals surface area contributed by atoms with Gasteiger partial charge in [-0.1, -0.05) is 6.07 Å². The van der Waals surface area contributed by atoms with Crippen LogP contribution >= 0.6 is 0 Å². The van der Waals surface area contributed by atoms with Crippen molar-refractivity contribution in [1.82, 2.24) is 5.32 Å². The molecule has 1 aliphatic rings. The first-order valence-corrected chi connectivity index (χ1v) is 8.68. The third-order valence-electron chi connectivity index (χ3n) is 4.61. The number of rotatable bonds is 5. The standard InChI is InChI=1S/C19H20FN3O4/c20-17-11-13(1-6-18(17)22-9-7-16(24)8-10-22)12-21-19(25)14-2-4-15(5-3-14)23(26)27/h1-6,11,16,24H,7-10,12H2,(H,21,25). The number of non-ortho nitro benzene ring substituents is 1. The fourth-order valence-electron chi connectivity index (χ4n) is 3.04. The van der Waals surface area contributed by atoms with Gasteiger partial charge >= 0.3 is 0 Å². The molecule has 0 radical (unpaired) electrons. The van der Waals surface area contributed by atoms with Gasteiger partial charge in [0.15, 0.2) is 0 Å². The van der Waals surface area contributed by atoms with Crippen LogP contribution in [-0.2, 0) is 6.54 Å². The van der Waals surface area contributed by atoms with E-state index < -0.39 is 4.92 Å². The number of aliphatic hydroxyl groups excluding tert-OH is 1. The van der Waals surface area contributed by atoms with Gasteiger partial charge in [0, 0.05) is 37.3 Å². The highest BCUT2D eigenvalue weighted by Crippen LogP contribution is 2.24. The highest BCUT2D eigenvalue weighted by Gasteiger charge is 2.19. The molecule has 0 aliphatic carbocycles. The van der Waals surface area contributed by atoms with Crippen molar-refractivity contribution in [2.75, 3.05) is 18.0 Å². The van der Waals surface area contributed by atoms with Crippen molar-refractivity contribution in [2.24, 2.45) is 0 Å². The van der Waals surface area contributed by atoms with E-state index in [4.69, 9.17) is 0 Å². The normalized spacial score (nSPS) is 14.8. The van der Waals surface area contributed by atoms with Crippen molar-refractivity contribution < 1.29 is 19.2 Å². The summed E-state index contributed by atoms with van der Waals surface area (Å²) in [6.07, 6.45) is 0.914. The molecular weight excluding hydrogens is 353 g/mol. The Hall–Kier alpha value is -3.00. The van der Waals surface area contributed by atoms with Crippen molar-refractivity contribution in [3.63, 3.8) is 0 Å². The van der Waals surface area contributed by atoms with E-state index in [-0.39, 0.29) is 30.1 Å². The largest absolute Gasteiger partial charge is 0.393 e. The van der Waals surface area contributed by atoms with Gasteiger partial charge in [0.25, 0.3) is 11.6 Å². The van der Waals surface area contributed by atoms with E-state index >= 15 is 0 Å².